The van der Waals surface area contributed by atoms with Crippen molar-refractivity contribution in [2.24, 2.45) is 0 Å². The first-order valence-electron chi connectivity index (χ1n) is 4.03. The van der Waals surface area contributed by atoms with Crippen LogP contribution in [-0.2, 0) is 0 Å². The third-order valence-electron chi connectivity index (χ3n) is 2.06. The first-order chi connectivity index (χ1) is 5.29. The molecule has 1 heteroatoms. The SMILES string of the molecule is CC1(Sc2ccccc2)CC1. The van der Waals surface area contributed by atoms with Gasteiger partial charge in [-0.25, -0.2) is 0 Å². The Morgan fingerprint density at radius 3 is 2.36 bits per heavy atom. The highest BCUT2D eigenvalue weighted by Crippen LogP contribution is 2.50. The van der Waals surface area contributed by atoms with Gasteiger partial charge < -0.3 is 0 Å². The molecule has 0 N–H and O–H groups in total. The summed E-state index contributed by atoms with van der Waals surface area (Å²) < 4.78 is 0.571. The third kappa shape index (κ3) is 1.78. The first-order valence-corrected chi connectivity index (χ1v) is 4.84. The second-order valence-electron chi connectivity index (χ2n) is 3.37. The Kier molecular flexibility index (Phi) is 1.68. The molecular weight excluding hydrogens is 152 g/mol. The van der Waals surface area contributed by atoms with Crippen LogP contribution in [0.2, 0.25) is 0 Å². The first kappa shape index (κ1) is 7.23. The summed E-state index contributed by atoms with van der Waals surface area (Å²) in [5, 5.41) is 0. The minimum Gasteiger partial charge on any atom is -0.120 e. The zero-order valence-electron chi connectivity index (χ0n) is 6.71. The van der Waals surface area contributed by atoms with Crippen molar-refractivity contribution >= 4 is 11.8 Å². The lowest BCUT2D eigenvalue weighted by atomic mass is 10.4. The Labute approximate surface area is 72.0 Å². The van der Waals surface area contributed by atoms with E-state index in [9.17, 15) is 0 Å². The lowest BCUT2D eigenvalue weighted by Crippen LogP contribution is -1.91. The molecule has 1 aromatic rings. The van der Waals surface area contributed by atoms with Crippen molar-refractivity contribution in [3.05, 3.63) is 30.3 Å². The highest BCUT2D eigenvalue weighted by Gasteiger charge is 2.38. The summed E-state index contributed by atoms with van der Waals surface area (Å²) in [6, 6.07) is 10.7. The highest BCUT2D eigenvalue weighted by molar-refractivity contribution is 8.01. The van der Waals surface area contributed by atoms with Gasteiger partial charge >= 0.3 is 0 Å². The van der Waals surface area contributed by atoms with Gasteiger partial charge in [0.2, 0.25) is 0 Å². The Morgan fingerprint density at radius 1 is 1.18 bits per heavy atom. The van der Waals surface area contributed by atoms with E-state index in [2.05, 4.69) is 37.3 Å². The standard InChI is InChI=1S/C10H12S/c1-10(7-8-10)11-9-5-3-2-4-6-9/h2-6H,7-8H2,1H3. The monoisotopic (exact) mass is 164 g/mol. The number of rotatable bonds is 2. The zero-order chi connectivity index (χ0) is 7.73. The lowest BCUT2D eigenvalue weighted by molar-refractivity contribution is 1.05. The maximum atomic E-state index is 2.34. The smallest absolute Gasteiger partial charge is 0.0180 e. The van der Waals surface area contributed by atoms with E-state index in [0.29, 0.717) is 4.75 Å². The van der Waals surface area contributed by atoms with Crippen molar-refractivity contribution in [2.45, 2.75) is 29.4 Å². The molecule has 0 aliphatic heterocycles. The van der Waals surface area contributed by atoms with E-state index in [0.717, 1.165) is 0 Å². The van der Waals surface area contributed by atoms with E-state index in [4.69, 9.17) is 0 Å². The summed E-state index contributed by atoms with van der Waals surface area (Å²) >= 11 is 2.01. The lowest BCUT2D eigenvalue weighted by Gasteiger charge is -2.06. The van der Waals surface area contributed by atoms with Crippen molar-refractivity contribution < 1.29 is 0 Å². The van der Waals surface area contributed by atoms with Crippen LogP contribution in [0.5, 0.6) is 0 Å². The van der Waals surface area contributed by atoms with Gasteiger partial charge in [0, 0.05) is 9.64 Å². The van der Waals surface area contributed by atoms with Gasteiger partial charge in [0.1, 0.15) is 0 Å². The molecule has 1 aromatic carbocycles. The molecule has 0 bridgehead atoms. The van der Waals surface area contributed by atoms with Gasteiger partial charge in [-0.15, -0.1) is 11.8 Å². The molecule has 0 heterocycles. The Morgan fingerprint density at radius 2 is 1.82 bits per heavy atom. The number of hydrogen-bond donors (Lipinski definition) is 0. The molecule has 0 saturated heterocycles. The molecule has 1 fully saturated rings. The maximum absolute atomic E-state index is 2.34. The van der Waals surface area contributed by atoms with E-state index in [1.54, 1.807) is 0 Å². The normalized spacial score (nSPS) is 19.7. The topological polar surface area (TPSA) is 0 Å². The van der Waals surface area contributed by atoms with Gasteiger partial charge in [0.25, 0.3) is 0 Å². The number of thioether (sulfide) groups is 1. The second-order valence-corrected chi connectivity index (χ2v) is 5.03. The van der Waals surface area contributed by atoms with E-state index >= 15 is 0 Å². The molecule has 2 rings (SSSR count). The molecule has 0 spiro atoms. The molecule has 0 radical (unpaired) electrons. The van der Waals surface area contributed by atoms with Crippen LogP contribution >= 0.6 is 11.8 Å². The fourth-order valence-corrected chi connectivity index (χ4v) is 2.22. The largest absolute Gasteiger partial charge is 0.120 e. The summed E-state index contributed by atoms with van der Waals surface area (Å²) in [7, 11) is 0. The van der Waals surface area contributed by atoms with Gasteiger partial charge in [-0.2, -0.15) is 0 Å². The summed E-state index contributed by atoms with van der Waals surface area (Å²) in [5.41, 5.74) is 0. The van der Waals surface area contributed by atoms with Gasteiger partial charge in [-0.3, -0.25) is 0 Å². The molecule has 1 saturated carbocycles. The van der Waals surface area contributed by atoms with Crippen LogP contribution in [0, 0.1) is 0 Å². The predicted octanol–water partition coefficient (Wildman–Crippen LogP) is 3.33. The second kappa shape index (κ2) is 2.56. The van der Waals surface area contributed by atoms with Crippen molar-refractivity contribution in [2.75, 3.05) is 0 Å². The maximum Gasteiger partial charge on any atom is 0.0180 e. The quantitative estimate of drug-likeness (QED) is 0.646. The molecule has 0 aromatic heterocycles. The van der Waals surface area contributed by atoms with Crippen LogP contribution in [0.4, 0.5) is 0 Å². The molecule has 0 atom stereocenters. The van der Waals surface area contributed by atoms with Crippen LogP contribution in [0.3, 0.4) is 0 Å². The summed E-state index contributed by atoms with van der Waals surface area (Å²) in [4.78, 5) is 1.41. The fraction of sp³-hybridized carbons (Fsp3) is 0.400. The minimum absolute atomic E-state index is 0.571. The summed E-state index contributed by atoms with van der Waals surface area (Å²) in [5.74, 6) is 0. The van der Waals surface area contributed by atoms with Crippen molar-refractivity contribution in [3.8, 4) is 0 Å². The minimum atomic E-state index is 0.571. The molecule has 0 unspecified atom stereocenters. The molecule has 1 aliphatic carbocycles. The van der Waals surface area contributed by atoms with Crippen LogP contribution < -0.4 is 0 Å². The van der Waals surface area contributed by atoms with E-state index in [1.165, 1.54) is 17.7 Å². The van der Waals surface area contributed by atoms with Crippen molar-refractivity contribution in [1.29, 1.82) is 0 Å². The average molecular weight is 164 g/mol. The van der Waals surface area contributed by atoms with E-state index in [1.807, 2.05) is 11.8 Å². The van der Waals surface area contributed by atoms with Gasteiger partial charge in [0.15, 0.2) is 0 Å². The van der Waals surface area contributed by atoms with E-state index in [-0.39, 0.29) is 0 Å². The van der Waals surface area contributed by atoms with Gasteiger partial charge in [-0.05, 0) is 25.0 Å². The summed E-state index contributed by atoms with van der Waals surface area (Å²) in [6.45, 7) is 2.34. The average Bonchev–Trinajstić information content (AvgIpc) is 2.70. The molecule has 58 valence electrons. The zero-order valence-corrected chi connectivity index (χ0v) is 7.53. The molecule has 0 nitrogen and oxygen atoms in total. The van der Waals surface area contributed by atoms with Crippen LogP contribution in [0.25, 0.3) is 0 Å². The van der Waals surface area contributed by atoms with Gasteiger partial charge in [-0.1, -0.05) is 25.1 Å². The van der Waals surface area contributed by atoms with Crippen molar-refractivity contribution in [1.82, 2.24) is 0 Å². The molecular formula is C10H12S. The fourth-order valence-electron chi connectivity index (χ4n) is 1.05. The van der Waals surface area contributed by atoms with Crippen LogP contribution in [0.15, 0.2) is 35.2 Å². The summed E-state index contributed by atoms with van der Waals surface area (Å²) in [6.07, 6.45) is 2.76. The third-order valence-corrected chi connectivity index (χ3v) is 3.47. The Balaban J connectivity index is 2.07. The molecule has 1 aliphatic rings. The number of benzene rings is 1. The van der Waals surface area contributed by atoms with Crippen LogP contribution in [-0.4, -0.2) is 4.75 Å². The van der Waals surface area contributed by atoms with Crippen molar-refractivity contribution in [3.63, 3.8) is 0 Å². The highest BCUT2D eigenvalue weighted by atomic mass is 32.2. The van der Waals surface area contributed by atoms with Gasteiger partial charge in [0.05, 0.1) is 0 Å². The number of hydrogen-bond acceptors (Lipinski definition) is 1. The Bertz CT molecular complexity index is 236. The molecule has 0 amide bonds. The van der Waals surface area contributed by atoms with E-state index < -0.39 is 0 Å². The van der Waals surface area contributed by atoms with Crippen LogP contribution in [0.1, 0.15) is 19.8 Å². The predicted molar refractivity (Wildman–Crippen MR) is 49.9 cm³/mol. The Hall–Kier alpha value is -0.430. The molecule has 11 heavy (non-hydrogen) atoms.